The molecule has 0 unspecified atom stereocenters. The smallest absolute Gasteiger partial charge is 0.273 e. The van der Waals surface area contributed by atoms with Gasteiger partial charge in [0.05, 0.1) is 30.3 Å². The van der Waals surface area contributed by atoms with Crippen molar-refractivity contribution in [2.45, 2.75) is 38.0 Å². The van der Waals surface area contributed by atoms with Gasteiger partial charge in [-0.25, -0.2) is 9.67 Å². The highest BCUT2D eigenvalue weighted by molar-refractivity contribution is 5.92. The Hall–Kier alpha value is -3.00. The molecule has 8 nitrogen and oxygen atoms in total. The zero-order valence-electron chi connectivity index (χ0n) is 15.6. The van der Waals surface area contributed by atoms with Crippen molar-refractivity contribution in [3.05, 3.63) is 66.0 Å². The first-order chi connectivity index (χ1) is 13.7. The predicted molar refractivity (Wildman–Crippen MR) is 103 cm³/mol. The summed E-state index contributed by atoms with van der Waals surface area (Å²) in [5, 5.41) is 11.1. The van der Waals surface area contributed by atoms with Crippen molar-refractivity contribution in [3.63, 3.8) is 0 Å². The highest BCUT2D eigenvalue weighted by Gasteiger charge is 2.30. The molecule has 1 amide bonds. The third-order valence-electron chi connectivity index (χ3n) is 5.24. The number of aromatic nitrogens is 5. The zero-order chi connectivity index (χ0) is 18.9. The fourth-order valence-electron chi connectivity index (χ4n) is 3.55. The van der Waals surface area contributed by atoms with Crippen molar-refractivity contribution in [1.29, 1.82) is 0 Å². The normalized spacial score (nSPS) is 17.4. The average molecular weight is 377 g/mol. The third-order valence-corrected chi connectivity index (χ3v) is 5.24. The number of amides is 1. The van der Waals surface area contributed by atoms with Crippen molar-refractivity contribution in [2.75, 3.05) is 13.1 Å². The van der Waals surface area contributed by atoms with Gasteiger partial charge in [0.25, 0.3) is 5.91 Å². The second kappa shape index (κ2) is 7.20. The zero-order valence-corrected chi connectivity index (χ0v) is 15.6. The maximum Gasteiger partial charge on any atom is 0.273 e. The van der Waals surface area contributed by atoms with Crippen molar-refractivity contribution >= 4 is 5.91 Å². The SMILES string of the molecule is O=C(NC1CN(Cc2cn(Cc3ccccc3)cn2)C1)c1cn(C2CC2)nn1. The second-order valence-electron chi connectivity index (χ2n) is 7.70. The highest BCUT2D eigenvalue weighted by atomic mass is 16.2. The molecule has 5 rings (SSSR count). The summed E-state index contributed by atoms with van der Waals surface area (Å²) in [7, 11) is 0. The van der Waals surface area contributed by atoms with Crippen LogP contribution in [0.5, 0.6) is 0 Å². The Morgan fingerprint density at radius 2 is 1.93 bits per heavy atom. The van der Waals surface area contributed by atoms with E-state index in [1.165, 1.54) is 5.56 Å². The first-order valence-corrected chi connectivity index (χ1v) is 9.72. The topological polar surface area (TPSA) is 80.9 Å². The van der Waals surface area contributed by atoms with Crippen molar-refractivity contribution in [2.24, 2.45) is 0 Å². The molecule has 144 valence electrons. The minimum Gasteiger partial charge on any atom is -0.345 e. The van der Waals surface area contributed by atoms with Gasteiger partial charge in [0.2, 0.25) is 0 Å². The van der Waals surface area contributed by atoms with Crippen molar-refractivity contribution in [3.8, 4) is 0 Å². The lowest BCUT2D eigenvalue weighted by molar-refractivity contribution is 0.0787. The molecule has 2 aromatic heterocycles. The number of likely N-dealkylation sites (tertiary alicyclic amines) is 1. The van der Waals surface area contributed by atoms with Crippen LogP contribution in [0.25, 0.3) is 0 Å². The average Bonchev–Trinajstić information content (AvgIpc) is 3.23. The Bertz CT molecular complexity index is 954. The van der Waals surface area contributed by atoms with Crippen LogP contribution >= 0.6 is 0 Å². The Labute approximate surface area is 163 Å². The Kier molecular flexibility index (Phi) is 4.40. The predicted octanol–water partition coefficient (Wildman–Crippen LogP) is 1.47. The number of nitrogens with one attached hydrogen (secondary N) is 1. The van der Waals surface area contributed by atoms with Crippen LogP contribution in [-0.4, -0.2) is 54.5 Å². The van der Waals surface area contributed by atoms with Gasteiger partial charge in [-0.05, 0) is 18.4 Å². The van der Waals surface area contributed by atoms with E-state index in [-0.39, 0.29) is 11.9 Å². The van der Waals surface area contributed by atoms with Crippen LogP contribution in [-0.2, 0) is 13.1 Å². The molecule has 1 N–H and O–H groups in total. The number of carbonyl (C=O) groups is 1. The lowest BCUT2D eigenvalue weighted by Gasteiger charge is -2.38. The van der Waals surface area contributed by atoms with Crippen LogP contribution in [0.15, 0.2) is 49.1 Å². The van der Waals surface area contributed by atoms with Gasteiger partial charge >= 0.3 is 0 Å². The number of hydrogen-bond donors (Lipinski definition) is 1. The summed E-state index contributed by atoms with van der Waals surface area (Å²) in [6.07, 6.45) is 7.98. The summed E-state index contributed by atoms with van der Waals surface area (Å²) in [4.78, 5) is 19.1. The molecule has 0 bridgehead atoms. The largest absolute Gasteiger partial charge is 0.345 e. The van der Waals surface area contributed by atoms with Crippen LogP contribution < -0.4 is 5.32 Å². The molecule has 8 heteroatoms. The Morgan fingerprint density at radius 1 is 1.11 bits per heavy atom. The maximum atomic E-state index is 12.3. The molecule has 2 aliphatic rings. The first kappa shape index (κ1) is 17.1. The fraction of sp³-hybridized carbons (Fsp3) is 0.400. The van der Waals surface area contributed by atoms with Crippen LogP contribution in [0.1, 0.15) is 40.6 Å². The minimum atomic E-state index is -0.135. The third kappa shape index (κ3) is 3.82. The van der Waals surface area contributed by atoms with Gasteiger partial charge in [0.1, 0.15) is 0 Å². The molecule has 1 saturated heterocycles. The number of nitrogens with zero attached hydrogens (tertiary/aromatic N) is 6. The van der Waals surface area contributed by atoms with Gasteiger partial charge in [-0.3, -0.25) is 9.69 Å². The van der Waals surface area contributed by atoms with E-state index >= 15 is 0 Å². The molecule has 0 spiro atoms. The summed E-state index contributed by atoms with van der Waals surface area (Å²) in [5.74, 6) is -0.135. The number of carbonyl (C=O) groups excluding carboxylic acids is 1. The molecule has 1 aromatic carbocycles. The molecule has 3 aromatic rings. The first-order valence-electron chi connectivity index (χ1n) is 9.72. The highest BCUT2D eigenvalue weighted by Crippen LogP contribution is 2.33. The van der Waals surface area contributed by atoms with E-state index in [0.29, 0.717) is 11.7 Å². The number of rotatable bonds is 7. The summed E-state index contributed by atoms with van der Waals surface area (Å²) in [6, 6.07) is 11.0. The summed E-state index contributed by atoms with van der Waals surface area (Å²) in [6.45, 7) is 3.28. The fourth-order valence-corrected chi connectivity index (χ4v) is 3.55. The molecule has 1 saturated carbocycles. The standard InChI is InChI=1S/C20H23N7O/c28-20(19-13-27(24-23-19)18-6-7-18)22-17-11-25(12-17)9-16-10-26(14-21-16)8-15-4-2-1-3-5-15/h1-5,10,13-14,17-18H,6-9,11-12H2,(H,22,28). The lowest BCUT2D eigenvalue weighted by atomic mass is 10.1. The van der Waals surface area contributed by atoms with E-state index < -0.39 is 0 Å². The monoisotopic (exact) mass is 377 g/mol. The van der Waals surface area contributed by atoms with Gasteiger partial charge in [-0.2, -0.15) is 0 Å². The maximum absolute atomic E-state index is 12.3. The summed E-state index contributed by atoms with van der Waals surface area (Å²) in [5.41, 5.74) is 2.72. The molecule has 1 aliphatic heterocycles. The number of hydrogen-bond acceptors (Lipinski definition) is 5. The molecule has 3 heterocycles. The Morgan fingerprint density at radius 3 is 2.71 bits per heavy atom. The van der Waals surface area contributed by atoms with Crippen LogP contribution in [0.3, 0.4) is 0 Å². The van der Waals surface area contributed by atoms with E-state index in [2.05, 4.69) is 48.4 Å². The van der Waals surface area contributed by atoms with Crippen molar-refractivity contribution in [1.82, 2.24) is 34.8 Å². The second-order valence-corrected chi connectivity index (χ2v) is 7.70. The molecular formula is C20H23N7O. The molecule has 0 atom stereocenters. The lowest BCUT2D eigenvalue weighted by Crippen LogP contribution is -2.58. The van der Waals surface area contributed by atoms with Gasteiger partial charge in [0, 0.05) is 32.4 Å². The van der Waals surface area contributed by atoms with Gasteiger partial charge in [-0.15, -0.1) is 5.10 Å². The van der Waals surface area contributed by atoms with Gasteiger partial charge in [-0.1, -0.05) is 35.5 Å². The minimum absolute atomic E-state index is 0.135. The van der Waals surface area contributed by atoms with E-state index in [9.17, 15) is 4.79 Å². The quantitative estimate of drug-likeness (QED) is 0.674. The molecule has 1 aliphatic carbocycles. The van der Waals surface area contributed by atoms with E-state index in [0.717, 1.165) is 44.7 Å². The molecule has 2 fully saturated rings. The Balaban J connectivity index is 1.08. The van der Waals surface area contributed by atoms with Crippen molar-refractivity contribution < 1.29 is 4.79 Å². The number of benzene rings is 1. The van der Waals surface area contributed by atoms with Crippen LogP contribution in [0, 0.1) is 0 Å². The van der Waals surface area contributed by atoms with Gasteiger partial charge in [0.15, 0.2) is 5.69 Å². The summed E-state index contributed by atoms with van der Waals surface area (Å²) < 4.78 is 3.90. The van der Waals surface area contributed by atoms with Crippen LogP contribution in [0.4, 0.5) is 0 Å². The summed E-state index contributed by atoms with van der Waals surface area (Å²) >= 11 is 0. The molecule has 0 radical (unpaired) electrons. The van der Waals surface area contributed by atoms with E-state index in [1.54, 1.807) is 10.9 Å². The van der Waals surface area contributed by atoms with E-state index in [4.69, 9.17) is 0 Å². The van der Waals surface area contributed by atoms with Crippen LogP contribution in [0.2, 0.25) is 0 Å². The molecular weight excluding hydrogens is 354 g/mol. The van der Waals surface area contributed by atoms with Gasteiger partial charge < -0.3 is 9.88 Å². The number of imidazole rings is 1. The van der Waals surface area contributed by atoms with E-state index in [1.807, 2.05) is 24.5 Å². The molecule has 28 heavy (non-hydrogen) atoms.